The average molecular weight is 426 g/mol. The molecule has 5 rings (SSSR count). The molecule has 1 aromatic rings. The number of rotatable bonds is 2. The average Bonchev–Trinajstić information content (AvgIpc) is 3.18. The van der Waals surface area contributed by atoms with Crippen LogP contribution in [0.3, 0.4) is 0 Å². The molecule has 4 fully saturated rings. The van der Waals surface area contributed by atoms with Crippen LogP contribution in [0, 0.1) is 11.8 Å². The highest BCUT2D eigenvalue weighted by atomic mass is 35.5. The van der Waals surface area contributed by atoms with E-state index < -0.39 is 0 Å². The largest absolute Gasteiger partial charge is 0.341 e. The van der Waals surface area contributed by atoms with Crippen LogP contribution in [-0.4, -0.2) is 54.0 Å². The topological polar surface area (TPSA) is 35.6 Å². The van der Waals surface area contributed by atoms with Crippen LogP contribution in [0.5, 0.6) is 0 Å². The number of hydrogen-bond acceptors (Lipinski definition) is 3. The maximum absolute atomic E-state index is 13.2. The van der Waals surface area contributed by atoms with Gasteiger partial charge in [0.2, 0.25) is 5.91 Å². The van der Waals surface area contributed by atoms with Gasteiger partial charge in [-0.05, 0) is 56.0 Å². The molecule has 4 saturated heterocycles. The van der Waals surface area contributed by atoms with E-state index in [1.807, 2.05) is 0 Å². The molecule has 0 spiro atoms. The van der Waals surface area contributed by atoms with E-state index in [2.05, 4.69) is 45.4 Å². The Kier molecular flexibility index (Phi) is 7.30. The van der Waals surface area contributed by atoms with Crippen LogP contribution in [-0.2, 0) is 4.79 Å². The molecule has 1 amide bonds. The van der Waals surface area contributed by atoms with E-state index >= 15 is 0 Å². The zero-order valence-electron chi connectivity index (χ0n) is 16.5. The third-order valence-corrected chi connectivity index (χ3v) is 7.23. The minimum Gasteiger partial charge on any atom is -0.341 e. The summed E-state index contributed by atoms with van der Waals surface area (Å²) in [4.78, 5) is 18.2. The monoisotopic (exact) mass is 425 g/mol. The molecular weight excluding hydrogens is 393 g/mol. The second kappa shape index (κ2) is 9.34. The van der Waals surface area contributed by atoms with E-state index in [9.17, 15) is 4.79 Å². The van der Waals surface area contributed by atoms with Crippen LogP contribution >= 0.6 is 24.8 Å². The van der Waals surface area contributed by atoms with Crippen molar-refractivity contribution in [2.45, 2.75) is 56.7 Å². The highest BCUT2D eigenvalue weighted by molar-refractivity contribution is 5.85. The van der Waals surface area contributed by atoms with Crippen molar-refractivity contribution in [2.24, 2.45) is 11.8 Å². The molecular formula is C22H33Cl2N3O. The molecule has 28 heavy (non-hydrogen) atoms. The van der Waals surface area contributed by atoms with Gasteiger partial charge in [-0.3, -0.25) is 15.0 Å². The molecule has 0 aromatic heterocycles. The SMILES string of the molecule is Cl.Cl.O=C([C@H]1CC[C@H](c2ccccc2)N1)N1C[C@@H]2C[C@H](C1)[C@@H]1CCCCN1C2. The van der Waals surface area contributed by atoms with Crippen molar-refractivity contribution in [3.8, 4) is 0 Å². The molecule has 0 radical (unpaired) electrons. The summed E-state index contributed by atoms with van der Waals surface area (Å²) < 4.78 is 0. The molecule has 4 heterocycles. The Morgan fingerprint density at radius 2 is 1.79 bits per heavy atom. The molecule has 1 N–H and O–H groups in total. The van der Waals surface area contributed by atoms with E-state index in [-0.39, 0.29) is 30.9 Å². The first-order chi connectivity index (χ1) is 12.8. The summed E-state index contributed by atoms with van der Waals surface area (Å²) in [6, 6.07) is 11.7. The Bertz CT molecular complexity index is 658. The molecule has 4 nitrogen and oxygen atoms in total. The smallest absolute Gasteiger partial charge is 0.239 e. The summed E-state index contributed by atoms with van der Waals surface area (Å²) in [5, 5.41) is 3.62. The number of piperidine rings is 3. The number of hydrogen-bond donors (Lipinski definition) is 1. The fraction of sp³-hybridized carbons (Fsp3) is 0.682. The van der Waals surface area contributed by atoms with E-state index in [4.69, 9.17) is 0 Å². The number of benzene rings is 1. The van der Waals surface area contributed by atoms with E-state index in [1.165, 1.54) is 44.3 Å². The highest BCUT2D eigenvalue weighted by Crippen LogP contribution is 2.38. The van der Waals surface area contributed by atoms with Crippen molar-refractivity contribution in [3.63, 3.8) is 0 Å². The summed E-state index contributed by atoms with van der Waals surface area (Å²) in [6.07, 6.45) is 7.47. The number of carbonyl (C=O) groups is 1. The molecule has 2 bridgehead atoms. The van der Waals surface area contributed by atoms with Crippen molar-refractivity contribution in [3.05, 3.63) is 35.9 Å². The van der Waals surface area contributed by atoms with Crippen molar-refractivity contribution < 1.29 is 4.79 Å². The normalized spacial score (nSPS) is 34.7. The maximum atomic E-state index is 13.2. The van der Waals surface area contributed by atoms with Gasteiger partial charge in [0.25, 0.3) is 0 Å². The third-order valence-electron chi connectivity index (χ3n) is 7.23. The predicted molar refractivity (Wildman–Crippen MR) is 117 cm³/mol. The van der Waals surface area contributed by atoms with Gasteiger partial charge in [-0.25, -0.2) is 0 Å². The van der Waals surface area contributed by atoms with Gasteiger partial charge >= 0.3 is 0 Å². The molecule has 0 saturated carbocycles. The lowest BCUT2D eigenvalue weighted by Gasteiger charge is -2.52. The highest BCUT2D eigenvalue weighted by Gasteiger charge is 2.44. The minimum absolute atomic E-state index is 0. The van der Waals surface area contributed by atoms with Gasteiger partial charge in [0.05, 0.1) is 6.04 Å². The Balaban J connectivity index is 0.00000112. The van der Waals surface area contributed by atoms with Gasteiger partial charge in [0, 0.05) is 31.7 Å². The number of likely N-dealkylation sites (tertiary alicyclic amines) is 1. The second-order valence-corrected chi connectivity index (χ2v) is 8.92. The molecule has 6 heteroatoms. The van der Waals surface area contributed by atoms with Crippen molar-refractivity contribution >= 4 is 30.7 Å². The number of fused-ring (bicyclic) bond motifs is 4. The number of nitrogens with one attached hydrogen (secondary N) is 1. The first-order valence-electron chi connectivity index (χ1n) is 10.6. The van der Waals surface area contributed by atoms with Crippen molar-refractivity contribution in [1.82, 2.24) is 15.1 Å². The van der Waals surface area contributed by atoms with E-state index in [1.54, 1.807) is 0 Å². The Hall–Kier alpha value is -0.810. The van der Waals surface area contributed by atoms with Crippen molar-refractivity contribution in [2.75, 3.05) is 26.2 Å². The summed E-state index contributed by atoms with van der Waals surface area (Å²) in [7, 11) is 0. The zero-order chi connectivity index (χ0) is 17.5. The molecule has 5 atom stereocenters. The summed E-state index contributed by atoms with van der Waals surface area (Å²) in [6.45, 7) is 4.47. The summed E-state index contributed by atoms with van der Waals surface area (Å²) in [5.41, 5.74) is 1.32. The van der Waals surface area contributed by atoms with E-state index in [0.29, 0.717) is 23.8 Å². The zero-order valence-corrected chi connectivity index (χ0v) is 18.1. The molecule has 0 aliphatic carbocycles. The van der Waals surface area contributed by atoms with Crippen LogP contribution in [0.1, 0.15) is 50.1 Å². The first kappa shape index (κ1) is 21.9. The van der Waals surface area contributed by atoms with Crippen LogP contribution in [0.2, 0.25) is 0 Å². The van der Waals surface area contributed by atoms with Gasteiger partial charge < -0.3 is 4.90 Å². The van der Waals surface area contributed by atoms with Crippen molar-refractivity contribution in [1.29, 1.82) is 0 Å². The fourth-order valence-corrected chi connectivity index (χ4v) is 6.05. The lowest BCUT2D eigenvalue weighted by Crippen LogP contribution is -2.61. The van der Waals surface area contributed by atoms with E-state index in [0.717, 1.165) is 32.0 Å². The fourth-order valence-electron chi connectivity index (χ4n) is 6.05. The van der Waals surface area contributed by atoms with Crippen LogP contribution in [0.4, 0.5) is 0 Å². The number of carbonyl (C=O) groups excluding carboxylic acids is 1. The standard InChI is InChI=1S/C22H31N3O.2ClH/c26-22(20-10-9-19(23-20)17-6-2-1-3-7-17)25-14-16-12-18(15-25)21-8-4-5-11-24(21)13-16;;/h1-3,6-7,16,18-21,23H,4-5,8-15H2;2*1H/t16-,18-,19-,20-,21+;;/m1../s1. The maximum Gasteiger partial charge on any atom is 0.239 e. The minimum atomic E-state index is 0. The van der Waals surface area contributed by atoms with Crippen LogP contribution < -0.4 is 5.32 Å². The Morgan fingerprint density at radius 3 is 2.61 bits per heavy atom. The quantitative estimate of drug-likeness (QED) is 0.784. The van der Waals surface area contributed by atoms with Gasteiger partial charge in [0.1, 0.15) is 0 Å². The second-order valence-electron chi connectivity index (χ2n) is 8.92. The molecule has 0 unspecified atom stereocenters. The first-order valence-corrected chi connectivity index (χ1v) is 10.6. The van der Waals surface area contributed by atoms with Crippen LogP contribution in [0.25, 0.3) is 0 Å². The lowest BCUT2D eigenvalue weighted by molar-refractivity contribution is -0.139. The van der Waals surface area contributed by atoms with Crippen LogP contribution in [0.15, 0.2) is 30.3 Å². The predicted octanol–water partition coefficient (Wildman–Crippen LogP) is 3.66. The summed E-state index contributed by atoms with van der Waals surface area (Å²) in [5.74, 6) is 1.76. The Morgan fingerprint density at radius 1 is 0.964 bits per heavy atom. The molecule has 156 valence electrons. The number of amides is 1. The Labute approximate surface area is 181 Å². The van der Waals surface area contributed by atoms with Gasteiger partial charge in [-0.15, -0.1) is 24.8 Å². The molecule has 4 aliphatic heterocycles. The molecule has 1 aromatic carbocycles. The summed E-state index contributed by atoms with van der Waals surface area (Å²) >= 11 is 0. The van der Waals surface area contributed by atoms with Gasteiger partial charge in [0.15, 0.2) is 0 Å². The lowest BCUT2D eigenvalue weighted by atomic mass is 9.76. The van der Waals surface area contributed by atoms with Gasteiger partial charge in [-0.2, -0.15) is 0 Å². The molecule has 4 aliphatic rings. The van der Waals surface area contributed by atoms with Gasteiger partial charge in [-0.1, -0.05) is 36.8 Å². The number of nitrogens with zero attached hydrogens (tertiary/aromatic N) is 2. The third kappa shape index (κ3) is 4.21. The number of halogens is 2.